The predicted molar refractivity (Wildman–Crippen MR) is 108 cm³/mol. The Balaban J connectivity index is 0.00000338. The Bertz CT molecular complexity index is 442. The van der Waals surface area contributed by atoms with Gasteiger partial charge in [0.1, 0.15) is 0 Å². The molecule has 5 nitrogen and oxygen atoms in total. The number of ether oxygens (including phenoxy) is 1. The number of nitrogens with zero attached hydrogens (tertiary/aromatic N) is 2. The van der Waals surface area contributed by atoms with E-state index in [1.165, 1.54) is 30.6 Å². The number of hydrogen-bond donors (Lipinski definition) is 2. The highest BCUT2D eigenvalue weighted by Crippen LogP contribution is 2.40. The van der Waals surface area contributed by atoms with Gasteiger partial charge in [-0.2, -0.15) is 13.2 Å². The van der Waals surface area contributed by atoms with E-state index in [1.807, 2.05) is 0 Å². The summed E-state index contributed by atoms with van der Waals surface area (Å²) in [7, 11) is 3.43. The van der Waals surface area contributed by atoms with E-state index in [2.05, 4.69) is 15.6 Å². The normalized spacial score (nSPS) is 23.7. The molecule has 0 aromatic heterocycles. The summed E-state index contributed by atoms with van der Waals surface area (Å²) in [5.41, 5.74) is 0.242. The molecule has 9 heteroatoms. The van der Waals surface area contributed by atoms with Crippen LogP contribution in [-0.2, 0) is 4.74 Å². The molecule has 2 aliphatic rings. The summed E-state index contributed by atoms with van der Waals surface area (Å²) in [6.07, 6.45) is 2.44. The Morgan fingerprint density at radius 2 is 2.00 bits per heavy atom. The molecule has 1 atom stereocenters. The Morgan fingerprint density at radius 1 is 1.31 bits per heavy atom. The topological polar surface area (TPSA) is 48.9 Å². The monoisotopic (exact) mass is 492 g/mol. The Hall–Kier alpha value is -0.290. The molecule has 1 saturated carbocycles. The van der Waals surface area contributed by atoms with Crippen molar-refractivity contribution in [1.82, 2.24) is 15.5 Å². The van der Waals surface area contributed by atoms with Crippen LogP contribution in [-0.4, -0.2) is 70.0 Å². The summed E-state index contributed by atoms with van der Waals surface area (Å²) >= 11 is 0. The Kier molecular flexibility index (Phi) is 9.95. The van der Waals surface area contributed by atoms with E-state index in [-0.39, 0.29) is 35.4 Å². The van der Waals surface area contributed by atoms with Crippen LogP contribution in [0.3, 0.4) is 0 Å². The fraction of sp³-hybridized carbons (Fsp3) is 0.941. The standard InChI is InChI=1S/C17H31F3N4O.HI/c1-21-15(22-12-16(8-10-25-2)6-3-4-7-16)23-14-5-9-24(11-14)13-17(18,19)20;/h14H,3-13H2,1-2H3,(H2,21,22,23);1H. The molecule has 1 heterocycles. The molecule has 154 valence electrons. The number of methoxy groups -OCH3 is 1. The summed E-state index contributed by atoms with van der Waals surface area (Å²) in [4.78, 5) is 5.69. The third-order valence-corrected chi connectivity index (χ3v) is 5.37. The number of aliphatic imine (C=N–C) groups is 1. The van der Waals surface area contributed by atoms with E-state index in [9.17, 15) is 13.2 Å². The lowest BCUT2D eigenvalue weighted by molar-refractivity contribution is -0.143. The highest BCUT2D eigenvalue weighted by Gasteiger charge is 2.35. The van der Waals surface area contributed by atoms with Gasteiger partial charge in [0.15, 0.2) is 5.96 Å². The van der Waals surface area contributed by atoms with E-state index in [4.69, 9.17) is 4.74 Å². The Morgan fingerprint density at radius 3 is 2.58 bits per heavy atom. The van der Waals surface area contributed by atoms with Gasteiger partial charge in [-0.1, -0.05) is 12.8 Å². The van der Waals surface area contributed by atoms with Gasteiger partial charge >= 0.3 is 6.18 Å². The van der Waals surface area contributed by atoms with E-state index in [1.54, 1.807) is 14.2 Å². The maximum atomic E-state index is 12.5. The van der Waals surface area contributed by atoms with Crippen LogP contribution in [0.15, 0.2) is 4.99 Å². The van der Waals surface area contributed by atoms with Crippen LogP contribution in [0.2, 0.25) is 0 Å². The van der Waals surface area contributed by atoms with Gasteiger partial charge in [-0.3, -0.25) is 9.89 Å². The third kappa shape index (κ3) is 7.75. The fourth-order valence-corrected chi connectivity index (χ4v) is 3.97. The second-order valence-electron chi connectivity index (χ2n) is 7.36. The number of nitrogens with one attached hydrogen (secondary N) is 2. The highest BCUT2D eigenvalue weighted by atomic mass is 127. The lowest BCUT2D eigenvalue weighted by atomic mass is 9.83. The molecule has 2 N–H and O–H groups in total. The average Bonchev–Trinajstić information content (AvgIpc) is 3.18. The molecule has 1 unspecified atom stereocenters. The molecule has 1 saturated heterocycles. The molecule has 0 spiro atoms. The zero-order valence-electron chi connectivity index (χ0n) is 15.7. The smallest absolute Gasteiger partial charge is 0.385 e. The van der Waals surface area contributed by atoms with Crippen molar-refractivity contribution in [1.29, 1.82) is 0 Å². The average molecular weight is 492 g/mol. The molecule has 0 bridgehead atoms. The minimum Gasteiger partial charge on any atom is -0.385 e. The van der Waals surface area contributed by atoms with Crippen molar-refractivity contribution in [2.24, 2.45) is 10.4 Å². The zero-order chi connectivity index (χ0) is 18.3. The number of hydrogen-bond acceptors (Lipinski definition) is 3. The number of alkyl halides is 3. The zero-order valence-corrected chi connectivity index (χ0v) is 18.0. The van der Waals surface area contributed by atoms with Crippen LogP contribution in [0.1, 0.15) is 38.5 Å². The minimum atomic E-state index is -4.13. The second-order valence-corrected chi connectivity index (χ2v) is 7.36. The first-order valence-corrected chi connectivity index (χ1v) is 9.11. The van der Waals surface area contributed by atoms with Crippen molar-refractivity contribution < 1.29 is 17.9 Å². The number of guanidine groups is 1. The van der Waals surface area contributed by atoms with Crippen molar-refractivity contribution in [3.05, 3.63) is 0 Å². The Labute approximate surface area is 171 Å². The van der Waals surface area contributed by atoms with Gasteiger partial charge in [0, 0.05) is 46.4 Å². The van der Waals surface area contributed by atoms with Crippen molar-refractivity contribution >= 4 is 29.9 Å². The third-order valence-electron chi connectivity index (χ3n) is 5.37. The van der Waals surface area contributed by atoms with Crippen LogP contribution in [0, 0.1) is 5.41 Å². The molecule has 2 rings (SSSR count). The van der Waals surface area contributed by atoms with E-state index >= 15 is 0 Å². The van der Waals surface area contributed by atoms with Crippen LogP contribution >= 0.6 is 24.0 Å². The molecular weight excluding hydrogens is 460 g/mol. The first-order valence-electron chi connectivity index (χ1n) is 9.11. The SMILES string of the molecule is CN=C(NCC1(CCOC)CCCC1)NC1CCN(CC(F)(F)F)C1.I. The highest BCUT2D eigenvalue weighted by molar-refractivity contribution is 14.0. The van der Waals surface area contributed by atoms with Gasteiger partial charge in [-0.15, -0.1) is 24.0 Å². The van der Waals surface area contributed by atoms with Crippen molar-refractivity contribution in [2.75, 3.05) is 46.9 Å². The van der Waals surface area contributed by atoms with Crippen molar-refractivity contribution in [2.45, 2.75) is 50.7 Å². The molecule has 0 radical (unpaired) electrons. The number of likely N-dealkylation sites (tertiary alicyclic amines) is 1. The van der Waals surface area contributed by atoms with Gasteiger partial charge in [-0.25, -0.2) is 0 Å². The van der Waals surface area contributed by atoms with Gasteiger partial charge in [0.2, 0.25) is 0 Å². The van der Waals surface area contributed by atoms with E-state index in [0.717, 1.165) is 19.6 Å². The van der Waals surface area contributed by atoms with Crippen LogP contribution in [0.4, 0.5) is 13.2 Å². The first kappa shape index (κ1) is 23.7. The largest absolute Gasteiger partial charge is 0.401 e. The van der Waals surface area contributed by atoms with E-state index in [0.29, 0.717) is 25.5 Å². The van der Waals surface area contributed by atoms with Gasteiger partial charge in [0.05, 0.1) is 6.54 Å². The predicted octanol–water partition coefficient (Wildman–Crippen LogP) is 3.00. The summed E-state index contributed by atoms with van der Waals surface area (Å²) < 4.78 is 42.7. The van der Waals surface area contributed by atoms with Gasteiger partial charge < -0.3 is 15.4 Å². The van der Waals surface area contributed by atoms with E-state index < -0.39 is 12.7 Å². The summed E-state index contributed by atoms with van der Waals surface area (Å²) in [6, 6.07) is 0.00653. The van der Waals surface area contributed by atoms with Crippen LogP contribution in [0.5, 0.6) is 0 Å². The molecule has 1 aliphatic carbocycles. The molecule has 2 fully saturated rings. The van der Waals surface area contributed by atoms with Crippen molar-refractivity contribution in [3.8, 4) is 0 Å². The summed E-state index contributed by atoms with van der Waals surface area (Å²) in [6.45, 7) is 1.61. The lowest BCUT2D eigenvalue weighted by Crippen LogP contribution is -2.48. The molecule has 0 aromatic carbocycles. The molecule has 1 aliphatic heterocycles. The van der Waals surface area contributed by atoms with Gasteiger partial charge in [-0.05, 0) is 31.1 Å². The molecule has 0 amide bonds. The maximum absolute atomic E-state index is 12.5. The summed E-state index contributed by atoms with van der Waals surface area (Å²) in [5.74, 6) is 0.683. The number of rotatable bonds is 7. The fourth-order valence-electron chi connectivity index (χ4n) is 3.97. The molecule has 0 aromatic rings. The van der Waals surface area contributed by atoms with Crippen LogP contribution in [0.25, 0.3) is 0 Å². The second kappa shape index (κ2) is 10.9. The quantitative estimate of drug-likeness (QED) is 0.326. The molecule has 26 heavy (non-hydrogen) atoms. The summed E-state index contributed by atoms with van der Waals surface area (Å²) in [5, 5.41) is 6.67. The van der Waals surface area contributed by atoms with Crippen LogP contribution < -0.4 is 10.6 Å². The van der Waals surface area contributed by atoms with Gasteiger partial charge in [0.25, 0.3) is 0 Å². The molecular formula is C17H32F3IN4O. The first-order chi connectivity index (χ1) is 11.9. The number of halogens is 4. The van der Waals surface area contributed by atoms with Crippen molar-refractivity contribution in [3.63, 3.8) is 0 Å². The lowest BCUT2D eigenvalue weighted by Gasteiger charge is -2.30. The maximum Gasteiger partial charge on any atom is 0.401 e. The minimum absolute atomic E-state index is 0.